The molecular formula is C15H10ClF3N2O2S. The van der Waals surface area contributed by atoms with E-state index in [1.54, 1.807) is 0 Å². The van der Waals surface area contributed by atoms with Crippen molar-refractivity contribution in [2.75, 3.05) is 10.6 Å². The second-order valence-electron chi connectivity index (χ2n) is 4.62. The molecule has 0 aliphatic rings. The van der Waals surface area contributed by atoms with Gasteiger partial charge < -0.3 is 15.7 Å². The van der Waals surface area contributed by atoms with E-state index < -0.39 is 17.7 Å². The van der Waals surface area contributed by atoms with E-state index in [0.29, 0.717) is 0 Å². The zero-order valence-electron chi connectivity index (χ0n) is 11.8. The number of carboxylic acids is 1. The van der Waals surface area contributed by atoms with E-state index in [1.165, 1.54) is 36.4 Å². The van der Waals surface area contributed by atoms with Gasteiger partial charge >= 0.3 is 12.1 Å². The third-order valence-corrected chi connectivity index (χ3v) is 3.47. The van der Waals surface area contributed by atoms with Crippen molar-refractivity contribution in [3.63, 3.8) is 0 Å². The predicted octanol–water partition coefficient (Wildman–Crippen LogP) is 4.87. The Morgan fingerprint density at radius 2 is 1.79 bits per heavy atom. The Bertz CT molecular complexity index is 797. The summed E-state index contributed by atoms with van der Waals surface area (Å²) in [5.74, 6) is -1.23. The first-order valence-corrected chi connectivity index (χ1v) is 7.24. The van der Waals surface area contributed by atoms with Gasteiger partial charge in [0, 0.05) is 5.69 Å². The molecule has 0 bridgehead atoms. The molecule has 126 valence electrons. The summed E-state index contributed by atoms with van der Waals surface area (Å²) in [4.78, 5) is 11.0. The summed E-state index contributed by atoms with van der Waals surface area (Å²) in [6.07, 6.45) is -4.53. The van der Waals surface area contributed by atoms with Crippen LogP contribution in [0, 0.1) is 0 Å². The number of anilines is 2. The van der Waals surface area contributed by atoms with Crippen molar-refractivity contribution in [2.45, 2.75) is 6.18 Å². The van der Waals surface area contributed by atoms with Crippen LogP contribution < -0.4 is 10.6 Å². The fourth-order valence-corrected chi connectivity index (χ4v) is 2.32. The second-order valence-corrected chi connectivity index (χ2v) is 5.44. The number of nitrogens with one attached hydrogen (secondary N) is 2. The van der Waals surface area contributed by atoms with Crippen LogP contribution in [-0.4, -0.2) is 16.2 Å². The quantitative estimate of drug-likeness (QED) is 0.669. The SMILES string of the molecule is O=C(O)c1cc(NC(=S)Nc2ccccc2C(F)(F)F)ccc1Cl. The van der Waals surface area contributed by atoms with E-state index in [4.69, 9.17) is 28.9 Å². The molecule has 2 aromatic rings. The lowest BCUT2D eigenvalue weighted by Crippen LogP contribution is -2.21. The van der Waals surface area contributed by atoms with Crippen LogP contribution in [0.25, 0.3) is 0 Å². The molecule has 0 spiro atoms. The number of hydrogen-bond acceptors (Lipinski definition) is 2. The second kappa shape index (κ2) is 7.06. The van der Waals surface area contributed by atoms with Crippen LogP contribution in [0.2, 0.25) is 5.02 Å². The molecule has 0 amide bonds. The molecule has 0 unspecified atom stereocenters. The van der Waals surface area contributed by atoms with Gasteiger partial charge in [-0.1, -0.05) is 23.7 Å². The number of halogens is 4. The summed E-state index contributed by atoms with van der Waals surface area (Å²) in [5.41, 5.74) is -0.953. The molecule has 9 heteroatoms. The average Bonchev–Trinajstić information content (AvgIpc) is 2.48. The molecule has 0 saturated heterocycles. The molecule has 0 saturated carbocycles. The van der Waals surface area contributed by atoms with E-state index in [2.05, 4.69) is 10.6 Å². The minimum Gasteiger partial charge on any atom is -0.478 e. The van der Waals surface area contributed by atoms with Crippen molar-refractivity contribution in [2.24, 2.45) is 0 Å². The fraction of sp³-hybridized carbons (Fsp3) is 0.0667. The minimum atomic E-state index is -4.53. The molecule has 3 N–H and O–H groups in total. The number of alkyl halides is 3. The van der Waals surface area contributed by atoms with Crippen LogP contribution >= 0.6 is 23.8 Å². The molecule has 0 aromatic heterocycles. The van der Waals surface area contributed by atoms with E-state index in [0.717, 1.165) is 6.07 Å². The van der Waals surface area contributed by atoms with E-state index in [1.807, 2.05) is 0 Å². The molecule has 0 aliphatic carbocycles. The minimum absolute atomic E-state index is 0.0364. The molecule has 0 radical (unpaired) electrons. The van der Waals surface area contributed by atoms with Crippen molar-refractivity contribution in [3.8, 4) is 0 Å². The van der Waals surface area contributed by atoms with Gasteiger partial charge in [-0.25, -0.2) is 4.79 Å². The summed E-state index contributed by atoms with van der Waals surface area (Å²) in [6, 6.07) is 8.90. The highest BCUT2D eigenvalue weighted by Gasteiger charge is 2.33. The number of carbonyl (C=O) groups is 1. The highest BCUT2D eigenvalue weighted by molar-refractivity contribution is 7.80. The molecule has 0 aliphatic heterocycles. The van der Waals surface area contributed by atoms with Crippen molar-refractivity contribution in [1.29, 1.82) is 0 Å². The maximum absolute atomic E-state index is 12.9. The normalized spacial score (nSPS) is 11.0. The third kappa shape index (κ3) is 4.36. The maximum atomic E-state index is 12.9. The zero-order valence-corrected chi connectivity index (χ0v) is 13.4. The smallest absolute Gasteiger partial charge is 0.418 e. The first kappa shape index (κ1) is 18.0. The van der Waals surface area contributed by atoms with E-state index >= 15 is 0 Å². The Kier molecular flexibility index (Phi) is 5.30. The first-order chi connectivity index (χ1) is 11.2. The van der Waals surface area contributed by atoms with Gasteiger partial charge in [-0.3, -0.25) is 0 Å². The van der Waals surface area contributed by atoms with Crippen molar-refractivity contribution >= 4 is 46.3 Å². The predicted molar refractivity (Wildman–Crippen MR) is 89.7 cm³/mol. The van der Waals surface area contributed by atoms with E-state index in [-0.39, 0.29) is 27.1 Å². The number of para-hydroxylation sites is 1. The summed E-state index contributed by atoms with van der Waals surface area (Å²) < 4.78 is 38.8. The number of carboxylic acid groups (broad SMARTS) is 1. The summed E-state index contributed by atoms with van der Waals surface area (Å²) >= 11 is 10.7. The van der Waals surface area contributed by atoms with Crippen LogP contribution in [0.1, 0.15) is 15.9 Å². The number of thiocarbonyl (C=S) groups is 1. The van der Waals surface area contributed by atoms with Gasteiger partial charge in [0.1, 0.15) is 0 Å². The van der Waals surface area contributed by atoms with Crippen LogP contribution in [0.15, 0.2) is 42.5 Å². The van der Waals surface area contributed by atoms with Gasteiger partial charge in [-0.15, -0.1) is 0 Å². The summed E-state index contributed by atoms with van der Waals surface area (Å²) in [7, 11) is 0. The summed E-state index contributed by atoms with van der Waals surface area (Å²) in [6.45, 7) is 0. The van der Waals surface area contributed by atoms with Crippen LogP contribution in [0.4, 0.5) is 24.5 Å². The van der Waals surface area contributed by atoms with Gasteiger partial charge in [0.25, 0.3) is 0 Å². The molecule has 2 aromatic carbocycles. The largest absolute Gasteiger partial charge is 0.478 e. The molecule has 0 atom stereocenters. The van der Waals surface area contributed by atoms with Crippen molar-refractivity contribution in [3.05, 3.63) is 58.6 Å². The molecule has 0 heterocycles. The lowest BCUT2D eigenvalue weighted by Gasteiger charge is -2.16. The van der Waals surface area contributed by atoms with Gasteiger partial charge in [0.15, 0.2) is 5.11 Å². The van der Waals surface area contributed by atoms with Crippen LogP contribution in [-0.2, 0) is 6.18 Å². The monoisotopic (exact) mass is 374 g/mol. The third-order valence-electron chi connectivity index (χ3n) is 2.94. The molecule has 24 heavy (non-hydrogen) atoms. The average molecular weight is 375 g/mol. The lowest BCUT2D eigenvalue weighted by molar-refractivity contribution is -0.136. The molecule has 2 rings (SSSR count). The molecular weight excluding hydrogens is 365 g/mol. The Labute approximate surface area is 145 Å². The number of rotatable bonds is 3. The van der Waals surface area contributed by atoms with E-state index in [9.17, 15) is 18.0 Å². The number of aromatic carboxylic acids is 1. The highest BCUT2D eigenvalue weighted by atomic mass is 35.5. The highest BCUT2D eigenvalue weighted by Crippen LogP contribution is 2.34. The Balaban J connectivity index is 2.18. The number of hydrogen-bond donors (Lipinski definition) is 3. The standard InChI is InChI=1S/C15H10ClF3N2O2S/c16-11-6-5-8(7-9(11)13(22)23)20-14(24)21-12-4-2-1-3-10(12)15(17,18)19/h1-7H,(H,22,23)(H2,20,21,24). The topological polar surface area (TPSA) is 61.4 Å². The van der Waals surface area contributed by atoms with Crippen molar-refractivity contribution < 1.29 is 23.1 Å². The van der Waals surface area contributed by atoms with Crippen LogP contribution in [0.5, 0.6) is 0 Å². The van der Waals surface area contributed by atoms with Gasteiger partial charge in [0.05, 0.1) is 21.8 Å². The van der Waals surface area contributed by atoms with Gasteiger partial charge in [0.2, 0.25) is 0 Å². The Morgan fingerprint density at radius 3 is 2.42 bits per heavy atom. The molecule has 0 fully saturated rings. The Hall–Kier alpha value is -2.32. The Morgan fingerprint density at radius 1 is 1.12 bits per heavy atom. The maximum Gasteiger partial charge on any atom is 0.418 e. The first-order valence-electron chi connectivity index (χ1n) is 6.45. The molecule has 4 nitrogen and oxygen atoms in total. The summed E-state index contributed by atoms with van der Waals surface area (Å²) in [5, 5.41) is 14.0. The van der Waals surface area contributed by atoms with Gasteiger partial charge in [-0.05, 0) is 42.5 Å². The zero-order chi connectivity index (χ0) is 17.9. The lowest BCUT2D eigenvalue weighted by atomic mass is 10.1. The van der Waals surface area contributed by atoms with Gasteiger partial charge in [-0.2, -0.15) is 13.2 Å². The number of benzene rings is 2. The fourth-order valence-electron chi connectivity index (χ4n) is 1.89. The van der Waals surface area contributed by atoms with Crippen LogP contribution in [0.3, 0.4) is 0 Å². The van der Waals surface area contributed by atoms with Crippen molar-refractivity contribution in [1.82, 2.24) is 0 Å².